The molecular weight excluding hydrogens is 292 g/mol. The zero-order chi connectivity index (χ0) is 16.2. The molecule has 3 rings (SSSR count). The summed E-state index contributed by atoms with van der Waals surface area (Å²) >= 11 is 0. The van der Waals surface area contributed by atoms with Crippen LogP contribution in [-0.2, 0) is 0 Å². The minimum absolute atomic E-state index is 0.0241. The lowest BCUT2D eigenvalue weighted by Gasteiger charge is -2.34. The molecule has 0 unspecified atom stereocenters. The summed E-state index contributed by atoms with van der Waals surface area (Å²) in [6, 6.07) is 7.75. The van der Waals surface area contributed by atoms with Crippen LogP contribution >= 0.6 is 0 Å². The minimum Gasteiger partial charge on any atom is -0.360 e. The van der Waals surface area contributed by atoms with Crippen LogP contribution < -0.4 is 5.32 Å². The van der Waals surface area contributed by atoms with Crippen molar-refractivity contribution in [1.29, 1.82) is 0 Å². The van der Waals surface area contributed by atoms with Gasteiger partial charge in [0, 0.05) is 49.8 Å². The number of fused-ring (bicyclic) bond motifs is 1. The van der Waals surface area contributed by atoms with Crippen molar-refractivity contribution in [1.82, 2.24) is 20.1 Å². The first-order valence-corrected chi connectivity index (χ1v) is 8.09. The van der Waals surface area contributed by atoms with E-state index in [0.29, 0.717) is 38.3 Å². The number of para-hydroxylation sites is 1. The molecule has 23 heavy (non-hydrogen) atoms. The fourth-order valence-electron chi connectivity index (χ4n) is 2.88. The van der Waals surface area contributed by atoms with E-state index in [9.17, 15) is 9.59 Å². The molecule has 1 aliphatic rings. The second-order valence-corrected chi connectivity index (χ2v) is 5.76. The molecule has 6 heteroatoms. The quantitative estimate of drug-likeness (QED) is 0.910. The van der Waals surface area contributed by atoms with Crippen molar-refractivity contribution in [3.05, 3.63) is 36.0 Å². The molecule has 2 heterocycles. The lowest BCUT2D eigenvalue weighted by Crippen LogP contribution is -2.53. The molecule has 0 saturated carbocycles. The molecule has 2 N–H and O–H groups in total. The van der Waals surface area contributed by atoms with Gasteiger partial charge in [0.05, 0.1) is 5.56 Å². The third kappa shape index (κ3) is 3.16. The summed E-state index contributed by atoms with van der Waals surface area (Å²) in [6.07, 6.45) is 2.69. The maximum atomic E-state index is 12.7. The van der Waals surface area contributed by atoms with Gasteiger partial charge in [0.25, 0.3) is 5.91 Å². The van der Waals surface area contributed by atoms with Crippen LogP contribution in [0.2, 0.25) is 0 Å². The number of hydrogen-bond acceptors (Lipinski definition) is 2. The highest BCUT2D eigenvalue weighted by Gasteiger charge is 2.25. The third-order valence-corrected chi connectivity index (χ3v) is 4.20. The van der Waals surface area contributed by atoms with Crippen molar-refractivity contribution in [3.63, 3.8) is 0 Å². The van der Waals surface area contributed by atoms with Crippen LogP contribution in [0.3, 0.4) is 0 Å². The third-order valence-electron chi connectivity index (χ3n) is 4.20. The van der Waals surface area contributed by atoms with E-state index in [-0.39, 0.29) is 11.9 Å². The Labute approximate surface area is 135 Å². The van der Waals surface area contributed by atoms with E-state index in [0.717, 1.165) is 17.3 Å². The summed E-state index contributed by atoms with van der Waals surface area (Å²) in [4.78, 5) is 31.4. The Morgan fingerprint density at radius 1 is 1.13 bits per heavy atom. The molecule has 1 aromatic carbocycles. The van der Waals surface area contributed by atoms with E-state index < -0.39 is 0 Å². The Morgan fingerprint density at radius 3 is 2.57 bits per heavy atom. The molecule has 1 saturated heterocycles. The number of carbonyl (C=O) groups is 2. The summed E-state index contributed by atoms with van der Waals surface area (Å²) in [7, 11) is 0. The number of benzene rings is 1. The average molecular weight is 314 g/mol. The highest BCUT2D eigenvalue weighted by atomic mass is 16.2. The molecule has 2 aromatic rings. The maximum absolute atomic E-state index is 12.7. The fraction of sp³-hybridized carbons (Fsp3) is 0.412. The Kier molecular flexibility index (Phi) is 4.50. The topological polar surface area (TPSA) is 68.4 Å². The number of aromatic nitrogens is 1. The van der Waals surface area contributed by atoms with Gasteiger partial charge < -0.3 is 20.1 Å². The van der Waals surface area contributed by atoms with Crippen LogP contribution in [0, 0.1) is 0 Å². The van der Waals surface area contributed by atoms with E-state index in [4.69, 9.17) is 0 Å². The Hall–Kier alpha value is -2.50. The van der Waals surface area contributed by atoms with Crippen molar-refractivity contribution >= 4 is 22.8 Å². The largest absolute Gasteiger partial charge is 0.360 e. The molecule has 122 valence electrons. The van der Waals surface area contributed by atoms with Gasteiger partial charge in [-0.25, -0.2) is 4.79 Å². The molecule has 0 radical (unpaired) electrons. The van der Waals surface area contributed by atoms with E-state index in [1.165, 1.54) is 0 Å². The van der Waals surface area contributed by atoms with Crippen molar-refractivity contribution in [2.75, 3.05) is 32.7 Å². The second-order valence-electron chi connectivity index (χ2n) is 5.76. The summed E-state index contributed by atoms with van der Waals surface area (Å²) in [5.41, 5.74) is 1.66. The molecule has 0 spiro atoms. The van der Waals surface area contributed by atoms with Crippen molar-refractivity contribution in [2.24, 2.45) is 0 Å². The van der Waals surface area contributed by atoms with Crippen LogP contribution in [0.25, 0.3) is 10.9 Å². The first-order chi connectivity index (χ1) is 11.2. The molecule has 1 aliphatic heterocycles. The highest BCUT2D eigenvalue weighted by molar-refractivity contribution is 6.06. The molecule has 3 amide bonds. The number of H-pyrrole nitrogens is 1. The number of aromatic amines is 1. The average Bonchev–Trinajstić information content (AvgIpc) is 3.03. The number of nitrogens with one attached hydrogen (secondary N) is 2. The molecular formula is C17H22N4O2. The molecule has 0 aliphatic carbocycles. The first-order valence-electron chi connectivity index (χ1n) is 8.09. The maximum Gasteiger partial charge on any atom is 0.317 e. The van der Waals surface area contributed by atoms with E-state index in [2.05, 4.69) is 10.3 Å². The van der Waals surface area contributed by atoms with Crippen LogP contribution in [0.15, 0.2) is 30.5 Å². The molecule has 0 atom stereocenters. The number of carbonyl (C=O) groups excluding carboxylic acids is 2. The van der Waals surface area contributed by atoms with Crippen molar-refractivity contribution in [3.8, 4) is 0 Å². The lowest BCUT2D eigenvalue weighted by atomic mass is 10.1. The smallest absolute Gasteiger partial charge is 0.317 e. The SMILES string of the molecule is CCCNC(=O)N1CCN(C(=O)c2c[nH]c3ccccc23)CC1. The zero-order valence-corrected chi connectivity index (χ0v) is 13.3. The molecule has 0 bridgehead atoms. The fourth-order valence-corrected chi connectivity index (χ4v) is 2.88. The van der Waals surface area contributed by atoms with Gasteiger partial charge in [-0.15, -0.1) is 0 Å². The van der Waals surface area contributed by atoms with Crippen LogP contribution in [0.4, 0.5) is 4.79 Å². The molecule has 1 aromatic heterocycles. The van der Waals surface area contributed by atoms with Gasteiger partial charge in [-0.3, -0.25) is 4.79 Å². The highest BCUT2D eigenvalue weighted by Crippen LogP contribution is 2.20. The predicted molar refractivity (Wildman–Crippen MR) is 89.5 cm³/mol. The first kappa shape index (κ1) is 15.4. The normalized spacial score (nSPS) is 15.0. The van der Waals surface area contributed by atoms with Gasteiger partial charge in [-0.1, -0.05) is 25.1 Å². The van der Waals surface area contributed by atoms with Gasteiger partial charge in [-0.05, 0) is 12.5 Å². The number of rotatable bonds is 3. The van der Waals surface area contributed by atoms with E-state index in [1.807, 2.05) is 36.1 Å². The van der Waals surface area contributed by atoms with Crippen molar-refractivity contribution < 1.29 is 9.59 Å². The number of amides is 3. The Morgan fingerprint density at radius 2 is 1.83 bits per heavy atom. The van der Waals surface area contributed by atoms with Gasteiger partial charge in [0.15, 0.2) is 0 Å². The van der Waals surface area contributed by atoms with Crippen LogP contribution in [0.1, 0.15) is 23.7 Å². The van der Waals surface area contributed by atoms with Crippen molar-refractivity contribution in [2.45, 2.75) is 13.3 Å². The monoisotopic (exact) mass is 314 g/mol. The number of hydrogen-bond donors (Lipinski definition) is 2. The van der Waals surface area contributed by atoms with Crippen LogP contribution in [-0.4, -0.2) is 59.4 Å². The summed E-state index contributed by atoms with van der Waals surface area (Å²) in [5.74, 6) is 0.0241. The molecule has 6 nitrogen and oxygen atoms in total. The van der Waals surface area contributed by atoms with E-state index >= 15 is 0 Å². The van der Waals surface area contributed by atoms with Gasteiger partial charge in [-0.2, -0.15) is 0 Å². The number of nitrogens with zero attached hydrogens (tertiary/aromatic N) is 2. The second kappa shape index (κ2) is 6.73. The van der Waals surface area contributed by atoms with Gasteiger partial charge >= 0.3 is 6.03 Å². The lowest BCUT2D eigenvalue weighted by molar-refractivity contribution is 0.0667. The summed E-state index contributed by atoms with van der Waals surface area (Å²) in [6.45, 7) is 4.99. The predicted octanol–water partition coefficient (Wildman–Crippen LogP) is 2.05. The Bertz CT molecular complexity index is 701. The minimum atomic E-state index is -0.0361. The molecule has 1 fully saturated rings. The number of urea groups is 1. The Balaban J connectivity index is 1.63. The summed E-state index contributed by atoms with van der Waals surface area (Å²) in [5, 5.41) is 3.82. The summed E-state index contributed by atoms with van der Waals surface area (Å²) < 4.78 is 0. The van der Waals surface area contributed by atoms with E-state index in [1.54, 1.807) is 11.1 Å². The van der Waals surface area contributed by atoms with Crippen LogP contribution in [0.5, 0.6) is 0 Å². The number of piperazine rings is 1. The van der Waals surface area contributed by atoms with Gasteiger partial charge in [0.2, 0.25) is 0 Å². The standard InChI is InChI=1S/C17H22N4O2/c1-2-7-18-17(23)21-10-8-20(9-11-21)16(22)14-12-19-15-6-4-3-5-13(14)15/h3-6,12,19H,2,7-11H2,1H3,(H,18,23). The zero-order valence-electron chi connectivity index (χ0n) is 13.3. The van der Waals surface area contributed by atoms with Gasteiger partial charge in [0.1, 0.15) is 0 Å².